The van der Waals surface area contributed by atoms with E-state index in [0.29, 0.717) is 38.3 Å². The van der Waals surface area contributed by atoms with Gasteiger partial charge < -0.3 is 19.9 Å². The number of halogens is 1. The standard InChI is InChI=1S/C20H27FN4O4/c1-20(2,3)29-19(28)25-10-8-24(9-11-25)13-4-5-15(14(21)12-13)22-16-6-7-17(26)23-18(16)27/h4-5,12,16,22H,6-11H2,1-3H3,(H,23,26,27)/t16-/m1/s1. The molecule has 2 fully saturated rings. The lowest BCUT2D eigenvalue weighted by Crippen LogP contribution is -2.50. The van der Waals surface area contributed by atoms with Crippen LogP contribution in [0.15, 0.2) is 18.2 Å². The Hall–Kier alpha value is -2.84. The van der Waals surface area contributed by atoms with E-state index in [9.17, 15) is 18.8 Å². The van der Waals surface area contributed by atoms with Gasteiger partial charge in [0.2, 0.25) is 11.8 Å². The monoisotopic (exact) mass is 406 g/mol. The van der Waals surface area contributed by atoms with Crippen LogP contribution in [0.5, 0.6) is 0 Å². The fourth-order valence-electron chi connectivity index (χ4n) is 3.31. The molecule has 9 heteroatoms. The van der Waals surface area contributed by atoms with E-state index in [1.165, 1.54) is 6.07 Å². The number of benzene rings is 1. The van der Waals surface area contributed by atoms with E-state index < -0.39 is 23.4 Å². The highest BCUT2D eigenvalue weighted by Gasteiger charge is 2.28. The summed E-state index contributed by atoms with van der Waals surface area (Å²) in [5.74, 6) is -1.22. The highest BCUT2D eigenvalue weighted by molar-refractivity contribution is 6.01. The molecule has 1 atom stereocenters. The number of piperazine rings is 1. The Balaban J connectivity index is 1.58. The fourth-order valence-corrected chi connectivity index (χ4v) is 3.31. The first-order valence-corrected chi connectivity index (χ1v) is 9.75. The number of imide groups is 1. The van der Waals surface area contributed by atoms with Gasteiger partial charge in [0.25, 0.3) is 0 Å². The van der Waals surface area contributed by atoms with Crippen molar-refractivity contribution < 1.29 is 23.5 Å². The van der Waals surface area contributed by atoms with Crippen LogP contribution in [-0.2, 0) is 14.3 Å². The summed E-state index contributed by atoms with van der Waals surface area (Å²) in [5, 5.41) is 5.11. The molecule has 3 rings (SSSR count). The molecule has 1 aromatic rings. The van der Waals surface area contributed by atoms with Crippen LogP contribution in [0.1, 0.15) is 33.6 Å². The van der Waals surface area contributed by atoms with Gasteiger partial charge in [-0.15, -0.1) is 0 Å². The van der Waals surface area contributed by atoms with Crippen LogP contribution in [0.25, 0.3) is 0 Å². The minimum absolute atomic E-state index is 0.218. The lowest BCUT2D eigenvalue weighted by Gasteiger charge is -2.36. The van der Waals surface area contributed by atoms with E-state index in [-0.39, 0.29) is 24.1 Å². The minimum atomic E-state index is -0.634. The minimum Gasteiger partial charge on any atom is -0.444 e. The number of nitrogens with zero attached hydrogens (tertiary/aromatic N) is 2. The number of piperidine rings is 1. The Morgan fingerprint density at radius 2 is 1.90 bits per heavy atom. The average molecular weight is 406 g/mol. The van der Waals surface area contributed by atoms with Crippen LogP contribution < -0.4 is 15.5 Å². The molecule has 0 aliphatic carbocycles. The Labute approximate surface area is 169 Å². The van der Waals surface area contributed by atoms with E-state index in [1.54, 1.807) is 17.0 Å². The number of rotatable bonds is 3. The van der Waals surface area contributed by atoms with Crippen molar-refractivity contribution in [2.45, 2.75) is 45.3 Å². The molecule has 2 saturated heterocycles. The molecule has 0 spiro atoms. The lowest BCUT2D eigenvalue weighted by molar-refractivity contribution is -0.133. The highest BCUT2D eigenvalue weighted by Crippen LogP contribution is 2.25. The summed E-state index contributed by atoms with van der Waals surface area (Å²) in [4.78, 5) is 38.9. The van der Waals surface area contributed by atoms with Crippen molar-refractivity contribution in [2.24, 2.45) is 0 Å². The third-order valence-corrected chi connectivity index (χ3v) is 4.82. The molecule has 0 unspecified atom stereocenters. The molecule has 0 radical (unpaired) electrons. The number of ether oxygens (including phenoxy) is 1. The first-order valence-electron chi connectivity index (χ1n) is 9.75. The molecule has 3 amide bonds. The van der Waals surface area contributed by atoms with E-state index in [2.05, 4.69) is 10.6 Å². The van der Waals surface area contributed by atoms with Gasteiger partial charge in [-0.05, 0) is 45.4 Å². The Bertz CT molecular complexity index is 800. The average Bonchev–Trinajstić information content (AvgIpc) is 2.64. The first-order chi connectivity index (χ1) is 13.6. The second-order valence-electron chi connectivity index (χ2n) is 8.27. The first kappa shape index (κ1) is 20.9. The van der Waals surface area contributed by atoms with Gasteiger partial charge >= 0.3 is 6.09 Å². The zero-order valence-corrected chi connectivity index (χ0v) is 17.0. The maximum atomic E-state index is 14.6. The van der Waals surface area contributed by atoms with E-state index in [4.69, 9.17) is 4.74 Å². The van der Waals surface area contributed by atoms with E-state index >= 15 is 0 Å². The molecule has 158 valence electrons. The molecular weight excluding hydrogens is 379 g/mol. The number of hydrogen-bond acceptors (Lipinski definition) is 6. The summed E-state index contributed by atoms with van der Waals surface area (Å²) < 4.78 is 20.0. The molecule has 0 saturated carbocycles. The van der Waals surface area contributed by atoms with Gasteiger partial charge in [0, 0.05) is 38.3 Å². The number of nitrogens with one attached hydrogen (secondary N) is 2. The van der Waals surface area contributed by atoms with Crippen LogP contribution in [0.2, 0.25) is 0 Å². The van der Waals surface area contributed by atoms with Crippen LogP contribution in [0.3, 0.4) is 0 Å². The Kier molecular flexibility index (Phi) is 5.95. The molecular formula is C20H27FN4O4. The molecule has 1 aromatic carbocycles. The summed E-state index contributed by atoms with van der Waals surface area (Å²) in [6.45, 7) is 7.60. The van der Waals surface area contributed by atoms with Gasteiger partial charge in [-0.2, -0.15) is 0 Å². The maximum Gasteiger partial charge on any atom is 0.410 e. The van der Waals surface area contributed by atoms with Crippen molar-refractivity contribution in [2.75, 3.05) is 36.4 Å². The van der Waals surface area contributed by atoms with Gasteiger partial charge in [0.1, 0.15) is 17.5 Å². The predicted octanol–water partition coefficient (Wildman–Crippen LogP) is 2.10. The van der Waals surface area contributed by atoms with Crippen LogP contribution in [0.4, 0.5) is 20.6 Å². The van der Waals surface area contributed by atoms with Gasteiger partial charge in [0.15, 0.2) is 0 Å². The second kappa shape index (κ2) is 8.26. The van der Waals surface area contributed by atoms with Crippen molar-refractivity contribution in [3.05, 3.63) is 24.0 Å². The highest BCUT2D eigenvalue weighted by atomic mass is 19.1. The van der Waals surface area contributed by atoms with E-state index in [0.717, 1.165) is 0 Å². The summed E-state index contributed by atoms with van der Waals surface area (Å²) in [7, 11) is 0. The summed E-state index contributed by atoms with van der Waals surface area (Å²) in [5.41, 5.74) is 0.388. The summed E-state index contributed by atoms with van der Waals surface area (Å²) in [6.07, 6.45) is 0.218. The fraction of sp³-hybridized carbons (Fsp3) is 0.550. The van der Waals surface area contributed by atoms with E-state index in [1.807, 2.05) is 25.7 Å². The number of carbonyl (C=O) groups excluding carboxylic acids is 3. The third-order valence-electron chi connectivity index (χ3n) is 4.82. The lowest BCUT2D eigenvalue weighted by atomic mass is 10.1. The molecule has 2 N–H and O–H groups in total. The molecule has 29 heavy (non-hydrogen) atoms. The molecule has 2 aliphatic heterocycles. The molecule has 0 aromatic heterocycles. The third kappa shape index (κ3) is 5.36. The molecule has 2 aliphatic rings. The summed E-state index contributed by atoms with van der Waals surface area (Å²) >= 11 is 0. The quantitative estimate of drug-likeness (QED) is 0.747. The zero-order chi connectivity index (χ0) is 21.2. The van der Waals surface area contributed by atoms with Crippen molar-refractivity contribution in [3.8, 4) is 0 Å². The maximum absolute atomic E-state index is 14.6. The van der Waals surface area contributed by atoms with Gasteiger partial charge in [-0.25, -0.2) is 9.18 Å². The topological polar surface area (TPSA) is 91.0 Å². The molecule has 2 heterocycles. The van der Waals surface area contributed by atoms with Crippen molar-refractivity contribution >= 4 is 29.3 Å². The number of hydrogen-bond donors (Lipinski definition) is 2. The summed E-state index contributed by atoms with van der Waals surface area (Å²) in [6, 6.07) is 4.15. The molecule has 0 bridgehead atoms. The smallest absolute Gasteiger partial charge is 0.410 e. The number of anilines is 2. The Morgan fingerprint density at radius 1 is 1.21 bits per heavy atom. The normalized spacial score (nSPS) is 20.3. The predicted molar refractivity (Wildman–Crippen MR) is 106 cm³/mol. The largest absolute Gasteiger partial charge is 0.444 e. The van der Waals surface area contributed by atoms with Gasteiger partial charge in [-0.3, -0.25) is 14.9 Å². The van der Waals surface area contributed by atoms with Crippen LogP contribution in [0, 0.1) is 5.82 Å². The molecule has 8 nitrogen and oxygen atoms in total. The van der Waals surface area contributed by atoms with Gasteiger partial charge in [0.05, 0.1) is 5.69 Å². The number of amides is 3. The van der Waals surface area contributed by atoms with Crippen LogP contribution in [-0.4, -0.2) is 60.6 Å². The zero-order valence-electron chi connectivity index (χ0n) is 17.0. The van der Waals surface area contributed by atoms with Crippen LogP contribution >= 0.6 is 0 Å². The number of carbonyl (C=O) groups is 3. The van der Waals surface area contributed by atoms with Crippen molar-refractivity contribution in [1.82, 2.24) is 10.2 Å². The van der Waals surface area contributed by atoms with Crippen molar-refractivity contribution in [3.63, 3.8) is 0 Å². The van der Waals surface area contributed by atoms with Gasteiger partial charge in [-0.1, -0.05) is 0 Å². The second-order valence-corrected chi connectivity index (χ2v) is 8.27. The Morgan fingerprint density at radius 3 is 2.48 bits per heavy atom. The SMILES string of the molecule is CC(C)(C)OC(=O)N1CCN(c2ccc(N[C@@H]3CCC(=O)NC3=O)c(F)c2)CC1. The van der Waals surface area contributed by atoms with Crippen molar-refractivity contribution in [1.29, 1.82) is 0 Å².